The summed E-state index contributed by atoms with van der Waals surface area (Å²) in [5.74, 6) is 0.815. The summed E-state index contributed by atoms with van der Waals surface area (Å²) in [7, 11) is 1.44. The molecule has 10 heteroatoms. The highest BCUT2D eigenvalue weighted by Gasteiger charge is 2.22. The van der Waals surface area contributed by atoms with E-state index in [1.807, 2.05) is 13.8 Å². The van der Waals surface area contributed by atoms with Crippen LogP contribution in [-0.2, 0) is 0 Å². The molecule has 0 fully saturated rings. The summed E-state index contributed by atoms with van der Waals surface area (Å²) in [4.78, 5) is 40.1. The number of ether oxygens (including phenoxy) is 2. The van der Waals surface area contributed by atoms with E-state index in [1.165, 1.54) is 7.11 Å². The van der Waals surface area contributed by atoms with Crippen molar-refractivity contribution >= 4 is 45.5 Å². The van der Waals surface area contributed by atoms with Crippen molar-refractivity contribution in [1.82, 2.24) is 4.98 Å². The van der Waals surface area contributed by atoms with E-state index >= 15 is 0 Å². The van der Waals surface area contributed by atoms with Crippen LogP contribution in [0.15, 0.2) is 52.2 Å². The first-order valence-corrected chi connectivity index (χ1v) is 11.2. The summed E-state index contributed by atoms with van der Waals surface area (Å²) in [6, 6.07) is 9.69. The summed E-state index contributed by atoms with van der Waals surface area (Å²) >= 11 is 6.43. The van der Waals surface area contributed by atoms with E-state index < -0.39 is 16.8 Å². The predicted octanol–water partition coefficient (Wildman–Crippen LogP) is 4.20. The number of aromatic nitrogens is 1. The van der Waals surface area contributed by atoms with Crippen molar-refractivity contribution in [3.63, 3.8) is 0 Å². The van der Waals surface area contributed by atoms with E-state index in [1.54, 1.807) is 42.6 Å². The van der Waals surface area contributed by atoms with Crippen LogP contribution in [-0.4, -0.2) is 24.5 Å². The van der Waals surface area contributed by atoms with Gasteiger partial charge in [-0.3, -0.25) is 19.4 Å². The van der Waals surface area contributed by atoms with Gasteiger partial charge in [-0.2, -0.15) is 0 Å². The smallest absolute Gasteiger partial charge is 0.253 e. The van der Waals surface area contributed by atoms with Crippen LogP contribution in [0, 0.1) is 5.92 Å². The minimum atomic E-state index is -0.641. The number of pyridine rings is 1. The molecule has 4 rings (SSSR count). The molecule has 4 N–H and O–H groups in total. The summed E-state index contributed by atoms with van der Waals surface area (Å²) in [5, 5.41) is 6.78. The summed E-state index contributed by atoms with van der Waals surface area (Å²) in [6.07, 6.45) is 1.57. The Morgan fingerprint density at radius 3 is 2.49 bits per heavy atom. The van der Waals surface area contributed by atoms with Crippen LogP contribution in [0.3, 0.4) is 0 Å². The zero-order valence-electron chi connectivity index (χ0n) is 19.3. The van der Waals surface area contributed by atoms with Crippen LogP contribution in [0.2, 0.25) is 5.02 Å². The molecule has 0 spiro atoms. The second-order valence-electron chi connectivity index (χ2n) is 8.29. The number of carbonyl (C=O) groups excluding carboxylic acids is 1. The Labute approximate surface area is 205 Å². The topological polar surface area (TPSA) is 133 Å². The molecular formula is C25H23ClN4O5. The van der Waals surface area contributed by atoms with E-state index in [9.17, 15) is 14.4 Å². The normalized spacial score (nSPS) is 11.1. The fourth-order valence-corrected chi connectivity index (χ4v) is 3.72. The summed E-state index contributed by atoms with van der Waals surface area (Å²) in [6.45, 7) is 4.56. The second-order valence-corrected chi connectivity index (χ2v) is 8.70. The number of nitrogens with two attached hydrogens (primary N) is 1. The zero-order valence-corrected chi connectivity index (χ0v) is 20.0. The number of hydrogen-bond donors (Lipinski definition) is 3. The Morgan fingerprint density at radius 2 is 1.83 bits per heavy atom. The highest BCUT2D eigenvalue weighted by molar-refractivity contribution is 6.33. The fraction of sp³-hybridized carbons (Fsp3) is 0.200. The number of carbonyl (C=O) groups is 1. The first kappa shape index (κ1) is 24.0. The summed E-state index contributed by atoms with van der Waals surface area (Å²) in [5.41, 5.74) is 5.95. The van der Waals surface area contributed by atoms with E-state index in [0.29, 0.717) is 46.3 Å². The van der Waals surface area contributed by atoms with Crippen molar-refractivity contribution in [2.75, 3.05) is 24.3 Å². The second kappa shape index (κ2) is 9.63. The molecule has 0 atom stereocenters. The molecule has 9 nitrogen and oxygen atoms in total. The van der Waals surface area contributed by atoms with Crippen molar-refractivity contribution in [2.24, 2.45) is 11.7 Å². The molecule has 35 heavy (non-hydrogen) atoms. The van der Waals surface area contributed by atoms with E-state index in [2.05, 4.69) is 15.6 Å². The van der Waals surface area contributed by atoms with Crippen LogP contribution in [0.25, 0.3) is 10.9 Å². The minimum Gasteiger partial charge on any atom is -0.496 e. The lowest BCUT2D eigenvalue weighted by atomic mass is 10.1. The Morgan fingerprint density at radius 1 is 1.09 bits per heavy atom. The molecule has 1 aromatic heterocycles. The maximum atomic E-state index is 12.1. The Bertz CT molecular complexity index is 1510. The van der Waals surface area contributed by atoms with Crippen LogP contribution in [0.4, 0.5) is 17.1 Å². The summed E-state index contributed by atoms with van der Waals surface area (Å²) < 4.78 is 11.3. The van der Waals surface area contributed by atoms with Crippen LogP contribution in [0.1, 0.15) is 24.2 Å². The number of methoxy groups -OCH3 is 1. The van der Waals surface area contributed by atoms with Gasteiger partial charge < -0.3 is 25.8 Å². The number of halogens is 1. The average molecular weight is 495 g/mol. The third-order valence-corrected chi connectivity index (χ3v) is 5.63. The Balaban J connectivity index is 1.60. The molecule has 0 aliphatic carbocycles. The maximum absolute atomic E-state index is 12.1. The molecular weight excluding hydrogens is 472 g/mol. The molecule has 1 heterocycles. The number of nitrogens with zero attached hydrogens (tertiary/aromatic N) is 1. The van der Waals surface area contributed by atoms with E-state index in [4.69, 9.17) is 26.8 Å². The van der Waals surface area contributed by atoms with Crippen LogP contribution >= 0.6 is 11.6 Å². The van der Waals surface area contributed by atoms with Crippen molar-refractivity contribution in [2.45, 2.75) is 13.8 Å². The quantitative estimate of drug-likeness (QED) is 0.295. The van der Waals surface area contributed by atoms with Gasteiger partial charge in [-0.1, -0.05) is 25.4 Å². The number of benzene rings is 2. The molecule has 0 aliphatic rings. The third kappa shape index (κ3) is 4.76. The van der Waals surface area contributed by atoms with Gasteiger partial charge in [0, 0.05) is 30.3 Å². The van der Waals surface area contributed by atoms with Gasteiger partial charge in [0.1, 0.15) is 28.6 Å². The van der Waals surface area contributed by atoms with Crippen molar-refractivity contribution in [1.29, 1.82) is 0 Å². The molecule has 180 valence electrons. The number of anilines is 3. The number of amides is 1. The lowest BCUT2D eigenvalue weighted by molar-refractivity contribution is 0.0997. The number of primary amides is 1. The molecule has 4 aromatic rings. The third-order valence-electron chi connectivity index (χ3n) is 5.31. The standard InChI is InChI=1S/C25H23ClN4O5/c1-12(2)11-29-21-22(24(32)23(21)31)30-17-5-4-13(8-16(17)26)35-19-6-7-28-18-10-20(34-3)15(25(27)33)9-14(18)19/h4-10,12,29-30H,11H2,1-3H3,(H2,27,33). The van der Waals surface area contributed by atoms with Crippen molar-refractivity contribution < 1.29 is 14.3 Å². The molecule has 0 aliphatic heterocycles. The van der Waals surface area contributed by atoms with Gasteiger partial charge in [-0.15, -0.1) is 0 Å². The highest BCUT2D eigenvalue weighted by Crippen LogP contribution is 2.36. The highest BCUT2D eigenvalue weighted by atomic mass is 35.5. The molecule has 0 unspecified atom stereocenters. The SMILES string of the molecule is COc1cc2nccc(Oc3ccc(Nc4c(NCC(C)C)c(=O)c4=O)c(Cl)c3)c2cc1C(N)=O. The molecule has 0 saturated heterocycles. The van der Waals surface area contributed by atoms with E-state index in [-0.39, 0.29) is 22.0 Å². The first-order chi connectivity index (χ1) is 16.7. The van der Waals surface area contributed by atoms with Gasteiger partial charge in [0.2, 0.25) is 0 Å². The van der Waals surface area contributed by atoms with Gasteiger partial charge in [0.15, 0.2) is 0 Å². The molecule has 0 saturated carbocycles. The largest absolute Gasteiger partial charge is 0.496 e. The van der Waals surface area contributed by atoms with Gasteiger partial charge in [0.05, 0.1) is 28.9 Å². The first-order valence-electron chi connectivity index (χ1n) is 10.8. The number of fused-ring (bicyclic) bond motifs is 1. The molecule has 0 bridgehead atoms. The Kier molecular flexibility index (Phi) is 6.61. The minimum absolute atomic E-state index is 0.180. The number of rotatable bonds is 9. The molecule has 3 aromatic carbocycles. The van der Waals surface area contributed by atoms with Crippen molar-refractivity contribution in [3.05, 3.63) is 73.6 Å². The molecule has 1 amide bonds. The average Bonchev–Trinajstić information content (AvgIpc) is 2.83. The van der Waals surface area contributed by atoms with Crippen molar-refractivity contribution in [3.8, 4) is 17.2 Å². The fourth-order valence-electron chi connectivity index (χ4n) is 3.51. The van der Waals surface area contributed by atoms with E-state index in [0.717, 1.165) is 0 Å². The van der Waals surface area contributed by atoms with Gasteiger partial charge in [0.25, 0.3) is 16.8 Å². The lowest BCUT2D eigenvalue weighted by Gasteiger charge is -2.17. The van der Waals surface area contributed by atoms with Gasteiger partial charge in [-0.25, -0.2) is 0 Å². The lowest BCUT2D eigenvalue weighted by Crippen LogP contribution is -2.37. The number of nitrogens with one attached hydrogen (secondary N) is 2. The molecule has 0 radical (unpaired) electrons. The predicted molar refractivity (Wildman–Crippen MR) is 136 cm³/mol. The van der Waals surface area contributed by atoms with Crippen LogP contribution in [0.5, 0.6) is 17.2 Å². The van der Waals surface area contributed by atoms with Gasteiger partial charge in [-0.05, 0) is 30.2 Å². The van der Waals surface area contributed by atoms with Crippen LogP contribution < -0.4 is 36.7 Å². The Hall–Kier alpha value is -4.11. The maximum Gasteiger partial charge on any atom is 0.253 e. The monoisotopic (exact) mass is 494 g/mol. The zero-order chi connectivity index (χ0) is 25.3. The number of hydrogen-bond acceptors (Lipinski definition) is 8. The van der Waals surface area contributed by atoms with Gasteiger partial charge >= 0.3 is 0 Å².